The lowest BCUT2D eigenvalue weighted by atomic mass is 10.1. The molecule has 0 aliphatic heterocycles. The van der Waals surface area contributed by atoms with Crippen molar-refractivity contribution >= 4 is 21.9 Å². The van der Waals surface area contributed by atoms with Crippen molar-refractivity contribution in [3.63, 3.8) is 0 Å². The number of sulfonamides is 1. The minimum absolute atomic E-state index is 0.191. The van der Waals surface area contributed by atoms with E-state index < -0.39 is 40.3 Å². The number of hydrogen-bond acceptors (Lipinski definition) is 6. The zero-order valence-electron chi connectivity index (χ0n) is 16.5. The molecule has 0 heterocycles. The van der Waals surface area contributed by atoms with Crippen LogP contribution in [0.3, 0.4) is 0 Å². The number of nitrogens with one attached hydrogen (secondary N) is 3. The number of carbonyl (C=O) groups is 2. The third kappa shape index (κ3) is 5.60. The summed E-state index contributed by atoms with van der Waals surface area (Å²) in [5.41, 5.74) is -1.92. The molecular weight excluding hydrogens is 439 g/mol. The van der Waals surface area contributed by atoms with Crippen molar-refractivity contribution < 1.29 is 35.9 Å². The highest BCUT2D eigenvalue weighted by Crippen LogP contribution is 2.30. The summed E-state index contributed by atoms with van der Waals surface area (Å²) in [5, 5.41) is 1.53. The van der Waals surface area contributed by atoms with Gasteiger partial charge in [0.15, 0.2) is 0 Å². The average Bonchev–Trinajstić information content (AvgIpc) is 2.71. The maximum Gasteiger partial charge on any atom is 0.437 e. The maximum atomic E-state index is 14.0. The van der Waals surface area contributed by atoms with E-state index in [0.29, 0.717) is 0 Å². The Bertz CT molecular complexity index is 1030. The molecule has 12 heteroatoms. The molecule has 0 aliphatic rings. The Kier molecular flexibility index (Phi) is 7.41. The van der Waals surface area contributed by atoms with Crippen LogP contribution in [0.15, 0.2) is 59.5 Å². The Morgan fingerprint density at radius 2 is 1.58 bits per heavy atom. The first kappa shape index (κ1) is 24.3. The number of esters is 1. The van der Waals surface area contributed by atoms with E-state index in [1.54, 1.807) is 6.92 Å². The van der Waals surface area contributed by atoms with Crippen molar-refractivity contribution in [1.29, 1.82) is 0 Å². The zero-order chi connectivity index (χ0) is 23.3. The monoisotopic (exact) mass is 459 g/mol. The summed E-state index contributed by atoms with van der Waals surface area (Å²) < 4.78 is 71.5. The normalized spacial score (nSPS) is 13.8. The topological polar surface area (TPSA) is 114 Å². The SMILES string of the molecule is CCOC(=O)[C@@](NNS(=O)(=O)c1ccc(C)cc1)(NC(=O)c1ccccc1)C(F)(F)F. The molecule has 8 nitrogen and oxygen atoms in total. The van der Waals surface area contributed by atoms with Crippen LogP contribution in [0.4, 0.5) is 13.2 Å². The first-order chi connectivity index (χ1) is 14.4. The van der Waals surface area contributed by atoms with E-state index in [-0.39, 0.29) is 10.5 Å². The van der Waals surface area contributed by atoms with Crippen molar-refractivity contribution in [2.45, 2.75) is 30.6 Å². The number of benzene rings is 2. The molecule has 0 aliphatic carbocycles. The van der Waals surface area contributed by atoms with Crippen LogP contribution in [0.2, 0.25) is 0 Å². The molecule has 0 fully saturated rings. The molecule has 1 atom stereocenters. The highest BCUT2D eigenvalue weighted by atomic mass is 32.2. The van der Waals surface area contributed by atoms with Gasteiger partial charge in [0.05, 0.1) is 11.5 Å². The second-order valence-electron chi connectivity index (χ2n) is 6.33. The van der Waals surface area contributed by atoms with Gasteiger partial charge in [-0.3, -0.25) is 4.79 Å². The molecule has 2 aromatic carbocycles. The molecule has 0 unspecified atom stereocenters. The number of halogens is 3. The molecule has 0 aromatic heterocycles. The van der Waals surface area contributed by atoms with E-state index in [1.165, 1.54) is 77.1 Å². The summed E-state index contributed by atoms with van der Waals surface area (Å²) in [6, 6.07) is 12.0. The van der Waals surface area contributed by atoms with Crippen LogP contribution >= 0.6 is 0 Å². The smallest absolute Gasteiger partial charge is 0.437 e. The first-order valence-corrected chi connectivity index (χ1v) is 10.4. The summed E-state index contributed by atoms with van der Waals surface area (Å²) in [5.74, 6) is -3.23. The predicted molar refractivity (Wildman–Crippen MR) is 104 cm³/mol. The van der Waals surface area contributed by atoms with Gasteiger partial charge in [-0.1, -0.05) is 35.9 Å². The van der Waals surface area contributed by atoms with Gasteiger partial charge in [-0.25, -0.2) is 18.6 Å². The van der Waals surface area contributed by atoms with Crippen LogP contribution in [-0.4, -0.2) is 38.7 Å². The van der Waals surface area contributed by atoms with Crippen LogP contribution in [0, 0.1) is 6.92 Å². The average molecular weight is 459 g/mol. The summed E-state index contributed by atoms with van der Waals surface area (Å²) in [4.78, 5) is 25.9. The fraction of sp³-hybridized carbons (Fsp3) is 0.263. The third-order valence-electron chi connectivity index (χ3n) is 4.05. The van der Waals surface area contributed by atoms with Crippen LogP contribution in [-0.2, 0) is 19.6 Å². The lowest BCUT2D eigenvalue weighted by Crippen LogP contribution is -2.75. The van der Waals surface area contributed by atoms with Gasteiger partial charge >= 0.3 is 17.8 Å². The van der Waals surface area contributed by atoms with Crippen LogP contribution in [0.1, 0.15) is 22.8 Å². The van der Waals surface area contributed by atoms with Crippen molar-refractivity contribution in [2.75, 3.05) is 6.61 Å². The van der Waals surface area contributed by atoms with Crippen molar-refractivity contribution in [2.24, 2.45) is 0 Å². The molecule has 0 radical (unpaired) electrons. The van der Waals surface area contributed by atoms with Gasteiger partial charge in [0.25, 0.3) is 15.9 Å². The minimum Gasteiger partial charge on any atom is -0.463 e. The van der Waals surface area contributed by atoms with Crippen molar-refractivity contribution in [1.82, 2.24) is 15.6 Å². The van der Waals surface area contributed by atoms with Crippen molar-refractivity contribution in [3.8, 4) is 0 Å². The molecule has 0 bridgehead atoms. The Labute approximate surface area is 176 Å². The molecule has 168 valence electrons. The predicted octanol–water partition coefficient (Wildman–Crippen LogP) is 2.03. The number of amides is 1. The molecule has 0 saturated heterocycles. The molecule has 2 aromatic rings. The van der Waals surface area contributed by atoms with Gasteiger partial charge in [-0.2, -0.15) is 13.2 Å². The van der Waals surface area contributed by atoms with E-state index in [4.69, 9.17) is 0 Å². The summed E-state index contributed by atoms with van der Waals surface area (Å²) >= 11 is 0. The van der Waals surface area contributed by atoms with E-state index in [1.807, 2.05) is 0 Å². The number of hydrogen-bond donors (Lipinski definition) is 3. The second kappa shape index (κ2) is 9.45. The zero-order valence-corrected chi connectivity index (χ0v) is 17.3. The lowest BCUT2D eigenvalue weighted by Gasteiger charge is -2.34. The molecule has 1 amide bonds. The van der Waals surface area contributed by atoms with E-state index in [9.17, 15) is 31.2 Å². The van der Waals surface area contributed by atoms with Gasteiger partial charge < -0.3 is 10.1 Å². The second-order valence-corrected chi connectivity index (χ2v) is 8.01. The number of aryl methyl sites for hydroxylation is 1. The summed E-state index contributed by atoms with van der Waals surface area (Å²) in [6.07, 6.45) is -5.49. The Hall–Kier alpha value is -2.96. The quantitative estimate of drug-likeness (QED) is 0.316. The van der Waals surface area contributed by atoms with Gasteiger partial charge in [0.2, 0.25) is 0 Å². The molecular formula is C19H20F3N3O5S. The number of carbonyl (C=O) groups excluding carboxylic acids is 2. The fourth-order valence-electron chi connectivity index (χ4n) is 2.38. The lowest BCUT2D eigenvalue weighted by molar-refractivity contribution is -0.219. The largest absolute Gasteiger partial charge is 0.463 e. The van der Waals surface area contributed by atoms with Crippen LogP contribution < -0.4 is 15.6 Å². The highest BCUT2D eigenvalue weighted by molar-refractivity contribution is 7.89. The van der Waals surface area contributed by atoms with Crippen LogP contribution in [0.25, 0.3) is 0 Å². The Morgan fingerprint density at radius 1 is 1.00 bits per heavy atom. The summed E-state index contributed by atoms with van der Waals surface area (Å²) in [6.45, 7) is 2.50. The fourth-order valence-corrected chi connectivity index (χ4v) is 3.28. The van der Waals surface area contributed by atoms with E-state index in [2.05, 4.69) is 4.74 Å². The molecule has 2 rings (SSSR count). The van der Waals surface area contributed by atoms with E-state index in [0.717, 1.165) is 5.56 Å². The maximum absolute atomic E-state index is 14.0. The number of ether oxygens (including phenoxy) is 1. The Morgan fingerprint density at radius 3 is 2.10 bits per heavy atom. The third-order valence-corrected chi connectivity index (χ3v) is 5.31. The van der Waals surface area contributed by atoms with Gasteiger partial charge in [0.1, 0.15) is 0 Å². The minimum atomic E-state index is -5.49. The molecule has 31 heavy (non-hydrogen) atoms. The van der Waals surface area contributed by atoms with E-state index >= 15 is 0 Å². The standard InChI is InChI=1S/C19H20F3N3O5S/c1-3-30-17(27)18(19(20,21)22,23-16(26)14-7-5-4-6-8-14)24-25-31(28,29)15-11-9-13(2)10-12-15/h4-12,24-25H,3H2,1-2H3,(H,23,26)/t18-/m0/s1. The molecule has 0 saturated carbocycles. The van der Waals surface area contributed by atoms with Gasteiger partial charge in [0, 0.05) is 5.56 Å². The first-order valence-electron chi connectivity index (χ1n) is 8.90. The number of hydrazine groups is 1. The number of alkyl halides is 3. The number of rotatable bonds is 8. The van der Waals surface area contributed by atoms with Crippen molar-refractivity contribution in [3.05, 3.63) is 65.7 Å². The summed E-state index contributed by atoms with van der Waals surface area (Å²) in [7, 11) is -4.54. The van der Waals surface area contributed by atoms with Crippen LogP contribution in [0.5, 0.6) is 0 Å². The Balaban J connectivity index is 2.43. The van der Waals surface area contributed by atoms with Gasteiger partial charge in [-0.15, -0.1) is 4.83 Å². The molecule has 3 N–H and O–H groups in total. The molecule has 0 spiro atoms. The van der Waals surface area contributed by atoms with Gasteiger partial charge in [-0.05, 0) is 38.1 Å². The highest BCUT2D eigenvalue weighted by Gasteiger charge is 2.64.